The van der Waals surface area contributed by atoms with Crippen LogP contribution in [0, 0.1) is 18.6 Å². The molecular formula is C14H10F2O2S. The number of hydrogen-bond donors (Lipinski definition) is 1. The van der Waals surface area contributed by atoms with Crippen LogP contribution in [-0.2, 0) is 0 Å². The maximum absolute atomic E-state index is 13.1. The summed E-state index contributed by atoms with van der Waals surface area (Å²) in [6, 6.07) is 8.40. The number of carboxylic acids is 1. The van der Waals surface area contributed by atoms with Gasteiger partial charge in [-0.25, -0.2) is 13.6 Å². The van der Waals surface area contributed by atoms with E-state index in [1.54, 1.807) is 19.1 Å². The van der Waals surface area contributed by atoms with Crippen LogP contribution in [0.5, 0.6) is 0 Å². The van der Waals surface area contributed by atoms with E-state index in [-0.39, 0.29) is 5.56 Å². The summed E-state index contributed by atoms with van der Waals surface area (Å²) in [6.45, 7) is 1.77. The van der Waals surface area contributed by atoms with Crippen LogP contribution in [0.25, 0.3) is 0 Å². The SMILES string of the molecule is Cc1cccc(C(=O)O)c1Sc1ccc(F)c(F)c1. The summed E-state index contributed by atoms with van der Waals surface area (Å²) >= 11 is 1.10. The summed E-state index contributed by atoms with van der Waals surface area (Å²) in [5.41, 5.74) is 0.921. The van der Waals surface area contributed by atoms with Crippen LogP contribution >= 0.6 is 11.8 Å². The first-order valence-corrected chi connectivity index (χ1v) is 6.26. The molecule has 0 aliphatic carbocycles. The second-order valence-electron chi connectivity index (χ2n) is 3.93. The van der Waals surface area contributed by atoms with Crippen molar-refractivity contribution in [2.45, 2.75) is 16.7 Å². The van der Waals surface area contributed by atoms with E-state index >= 15 is 0 Å². The van der Waals surface area contributed by atoms with Gasteiger partial charge in [0.15, 0.2) is 11.6 Å². The summed E-state index contributed by atoms with van der Waals surface area (Å²) in [4.78, 5) is 12.1. The number of rotatable bonds is 3. The highest BCUT2D eigenvalue weighted by Gasteiger charge is 2.14. The molecular weight excluding hydrogens is 270 g/mol. The molecule has 2 aromatic rings. The van der Waals surface area contributed by atoms with E-state index in [1.807, 2.05) is 0 Å². The van der Waals surface area contributed by atoms with E-state index in [4.69, 9.17) is 5.11 Å². The van der Waals surface area contributed by atoms with Gasteiger partial charge in [0.2, 0.25) is 0 Å². The molecule has 0 aliphatic rings. The Morgan fingerprint density at radius 3 is 2.53 bits per heavy atom. The molecule has 0 fully saturated rings. The second-order valence-corrected chi connectivity index (χ2v) is 5.02. The van der Waals surface area contributed by atoms with Crippen LogP contribution in [0.1, 0.15) is 15.9 Å². The van der Waals surface area contributed by atoms with Crippen molar-refractivity contribution >= 4 is 17.7 Å². The Hall–Kier alpha value is -1.88. The van der Waals surface area contributed by atoms with Crippen LogP contribution in [0.15, 0.2) is 46.2 Å². The van der Waals surface area contributed by atoms with Crippen molar-refractivity contribution in [3.63, 3.8) is 0 Å². The Labute approximate surface area is 113 Å². The van der Waals surface area contributed by atoms with Gasteiger partial charge in [0.05, 0.1) is 5.56 Å². The summed E-state index contributed by atoms with van der Waals surface area (Å²) in [5.74, 6) is -2.92. The molecule has 0 unspecified atom stereocenters. The van der Waals surface area contributed by atoms with E-state index in [2.05, 4.69) is 0 Å². The second kappa shape index (κ2) is 5.40. The Kier molecular flexibility index (Phi) is 3.85. The zero-order chi connectivity index (χ0) is 14.0. The summed E-state index contributed by atoms with van der Waals surface area (Å²) in [5, 5.41) is 9.12. The zero-order valence-corrected chi connectivity index (χ0v) is 10.8. The van der Waals surface area contributed by atoms with Gasteiger partial charge in [-0.3, -0.25) is 0 Å². The van der Waals surface area contributed by atoms with Gasteiger partial charge in [0, 0.05) is 9.79 Å². The average molecular weight is 280 g/mol. The molecule has 0 spiro atoms. The lowest BCUT2D eigenvalue weighted by Gasteiger charge is -2.09. The summed E-state index contributed by atoms with van der Waals surface area (Å²) in [7, 11) is 0. The van der Waals surface area contributed by atoms with Crippen molar-refractivity contribution in [1.29, 1.82) is 0 Å². The molecule has 5 heteroatoms. The van der Waals surface area contributed by atoms with Crippen molar-refractivity contribution in [3.05, 3.63) is 59.2 Å². The first-order chi connectivity index (χ1) is 8.99. The molecule has 1 N–H and O–H groups in total. The number of aryl methyl sites for hydroxylation is 1. The van der Waals surface area contributed by atoms with E-state index in [0.717, 1.165) is 29.5 Å². The lowest BCUT2D eigenvalue weighted by Crippen LogP contribution is -2.00. The Morgan fingerprint density at radius 2 is 1.89 bits per heavy atom. The molecule has 0 radical (unpaired) electrons. The van der Waals surface area contributed by atoms with Crippen LogP contribution in [0.2, 0.25) is 0 Å². The van der Waals surface area contributed by atoms with Gasteiger partial charge in [0.1, 0.15) is 0 Å². The smallest absolute Gasteiger partial charge is 0.336 e. The number of benzene rings is 2. The van der Waals surface area contributed by atoms with Gasteiger partial charge in [-0.2, -0.15) is 0 Å². The number of carboxylic acid groups (broad SMARTS) is 1. The van der Waals surface area contributed by atoms with Crippen LogP contribution < -0.4 is 0 Å². The minimum atomic E-state index is -1.05. The highest BCUT2D eigenvalue weighted by molar-refractivity contribution is 7.99. The standard InChI is InChI=1S/C14H10F2O2S/c1-8-3-2-4-10(14(17)18)13(8)19-9-5-6-11(15)12(16)7-9/h2-7H,1H3,(H,17,18). The molecule has 2 aromatic carbocycles. The molecule has 2 nitrogen and oxygen atoms in total. The van der Waals surface area contributed by atoms with Gasteiger partial charge in [-0.1, -0.05) is 23.9 Å². The third-order valence-corrected chi connectivity index (χ3v) is 3.79. The fourth-order valence-corrected chi connectivity index (χ4v) is 2.64. The minimum Gasteiger partial charge on any atom is -0.478 e. The van der Waals surface area contributed by atoms with Gasteiger partial charge in [-0.15, -0.1) is 0 Å². The molecule has 0 heterocycles. The van der Waals surface area contributed by atoms with Crippen molar-refractivity contribution in [2.24, 2.45) is 0 Å². The molecule has 0 saturated heterocycles. The monoisotopic (exact) mass is 280 g/mol. The lowest BCUT2D eigenvalue weighted by molar-refractivity contribution is 0.0693. The molecule has 0 aliphatic heterocycles. The largest absolute Gasteiger partial charge is 0.478 e. The van der Waals surface area contributed by atoms with Gasteiger partial charge in [0.25, 0.3) is 0 Å². The van der Waals surface area contributed by atoms with Crippen LogP contribution in [0.3, 0.4) is 0 Å². The van der Waals surface area contributed by atoms with Gasteiger partial charge >= 0.3 is 5.97 Å². The van der Waals surface area contributed by atoms with E-state index in [1.165, 1.54) is 12.1 Å². The highest BCUT2D eigenvalue weighted by Crippen LogP contribution is 2.33. The molecule has 0 amide bonds. The summed E-state index contributed by atoms with van der Waals surface area (Å²) in [6.07, 6.45) is 0. The summed E-state index contributed by atoms with van der Waals surface area (Å²) < 4.78 is 26.0. The maximum atomic E-state index is 13.1. The fourth-order valence-electron chi connectivity index (χ4n) is 1.61. The normalized spacial score (nSPS) is 10.5. The average Bonchev–Trinajstić information content (AvgIpc) is 2.36. The van der Waals surface area contributed by atoms with Gasteiger partial charge < -0.3 is 5.11 Å². The predicted molar refractivity (Wildman–Crippen MR) is 68.6 cm³/mol. The Balaban J connectivity index is 2.42. The van der Waals surface area contributed by atoms with Crippen LogP contribution in [0.4, 0.5) is 8.78 Å². The van der Waals surface area contributed by atoms with Crippen molar-refractivity contribution in [3.8, 4) is 0 Å². The topological polar surface area (TPSA) is 37.3 Å². The molecule has 2 rings (SSSR count). The lowest BCUT2D eigenvalue weighted by atomic mass is 10.1. The Bertz CT molecular complexity index is 641. The Morgan fingerprint density at radius 1 is 1.16 bits per heavy atom. The molecule has 98 valence electrons. The number of halogens is 2. The van der Waals surface area contributed by atoms with E-state index in [0.29, 0.717) is 9.79 Å². The van der Waals surface area contributed by atoms with Crippen LogP contribution in [-0.4, -0.2) is 11.1 Å². The third-order valence-electron chi connectivity index (χ3n) is 2.55. The van der Waals surface area contributed by atoms with E-state index in [9.17, 15) is 13.6 Å². The third kappa shape index (κ3) is 2.93. The number of aromatic carboxylic acids is 1. The van der Waals surface area contributed by atoms with E-state index < -0.39 is 17.6 Å². The molecule has 0 aromatic heterocycles. The van der Waals surface area contributed by atoms with Crippen molar-refractivity contribution in [1.82, 2.24) is 0 Å². The number of carbonyl (C=O) groups is 1. The first kappa shape index (κ1) is 13.5. The molecule has 0 atom stereocenters. The van der Waals surface area contributed by atoms with Crippen molar-refractivity contribution < 1.29 is 18.7 Å². The van der Waals surface area contributed by atoms with Gasteiger partial charge in [-0.05, 0) is 36.8 Å². The number of hydrogen-bond acceptors (Lipinski definition) is 2. The highest BCUT2D eigenvalue weighted by atomic mass is 32.2. The predicted octanol–water partition coefficient (Wildman–Crippen LogP) is 4.12. The minimum absolute atomic E-state index is 0.148. The quantitative estimate of drug-likeness (QED) is 0.918. The molecule has 0 bridgehead atoms. The maximum Gasteiger partial charge on any atom is 0.336 e. The van der Waals surface area contributed by atoms with Crippen molar-refractivity contribution in [2.75, 3.05) is 0 Å². The molecule has 0 saturated carbocycles. The fraction of sp³-hybridized carbons (Fsp3) is 0.0714. The zero-order valence-electron chi connectivity index (χ0n) is 9.98. The first-order valence-electron chi connectivity index (χ1n) is 5.45. The molecule has 19 heavy (non-hydrogen) atoms.